The molecule has 0 N–H and O–H groups in total. The van der Waals surface area contributed by atoms with Crippen LogP contribution >= 0.6 is 27.5 Å². The Balaban J connectivity index is 2.28. The van der Waals surface area contributed by atoms with Crippen LogP contribution in [0.25, 0.3) is 16.9 Å². The summed E-state index contributed by atoms with van der Waals surface area (Å²) in [5.41, 5.74) is 2.06. The molecule has 2 aromatic heterocycles. The van der Waals surface area contributed by atoms with E-state index in [0.717, 1.165) is 4.47 Å². The number of fused-ring (bicyclic) bond motifs is 1. The fraction of sp³-hybridized carbons (Fsp3) is 0.143. The third-order valence-electron chi connectivity index (χ3n) is 3.05. The molecule has 2 heterocycles. The molecule has 0 bridgehead atoms. The quantitative estimate of drug-likeness (QED) is 0.653. The van der Waals surface area contributed by atoms with Crippen LogP contribution in [0.1, 0.15) is 5.82 Å². The van der Waals surface area contributed by atoms with Crippen LogP contribution in [0.5, 0.6) is 5.75 Å². The van der Waals surface area contributed by atoms with Gasteiger partial charge in [0, 0.05) is 16.7 Å². The summed E-state index contributed by atoms with van der Waals surface area (Å²) in [5, 5.41) is 0. The SMILES string of the molecule is COc1cc(-n2c(CCl)nc3cc(Br)cnc32)ccc1F. The van der Waals surface area contributed by atoms with E-state index in [4.69, 9.17) is 16.3 Å². The first-order chi connectivity index (χ1) is 10.1. The monoisotopic (exact) mass is 369 g/mol. The van der Waals surface area contributed by atoms with Crippen LogP contribution in [0, 0.1) is 5.82 Å². The van der Waals surface area contributed by atoms with E-state index in [1.807, 2.05) is 6.07 Å². The van der Waals surface area contributed by atoms with Gasteiger partial charge in [0.05, 0.1) is 18.7 Å². The van der Waals surface area contributed by atoms with Gasteiger partial charge in [0.15, 0.2) is 17.2 Å². The number of imidazole rings is 1. The van der Waals surface area contributed by atoms with Crippen molar-refractivity contribution in [1.82, 2.24) is 14.5 Å². The number of benzene rings is 1. The summed E-state index contributed by atoms with van der Waals surface area (Å²) in [6, 6.07) is 6.43. The van der Waals surface area contributed by atoms with Crippen molar-refractivity contribution >= 4 is 38.7 Å². The molecule has 0 atom stereocenters. The number of hydrogen-bond donors (Lipinski definition) is 0. The molecule has 108 valence electrons. The topological polar surface area (TPSA) is 39.9 Å². The number of nitrogens with zero attached hydrogens (tertiary/aromatic N) is 3. The van der Waals surface area contributed by atoms with E-state index in [-0.39, 0.29) is 11.6 Å². The molecular formula is C14H10BrClFN3O. The van der Waals surface area contributed by atoms with E-state index < -0.39 is 5.82 Å². The Morgan fingerprint density at radius 2 is 2.19 bits per heavy atom. The van der Waals surface area contributed by atoms with Crippen LogP contribution in [-0.2, 0) is 5.88 Å². The number of ether oxygens (including phenoxy) is 1. The maximum atomic E-state index is 13.6. The highest BCUT2D eigenvalue weighted by atomic mass is 79.9. The molecule has 7 heteroatoms. The van der Waals surface area contributed by atoms with Crippen LogP contribution in [-0.4, -0.2) is 21.6 Å². The van der Waals surface area contributed by atoms with Crippen molar-refractivity contribution in [3.05, 3.63) is 46.6 Å². The Morgan fingerprint density at radius 1 is 1.38 bits per heavy atom. The second-order valence-electron chi connectivity index (χ2n) is 4.31. The van der Waals surface area contributed by atoms with Gasteiger partial charge in [-0.2, -0.15) is 0 Å². The number of alkyl halides is 1. The Morgan fingerprint density at radius 3 is 2.90 bits per heavy atom. The molecule has 0 aliphatic rings. The Labute approximate surface area is 133 Å². The van der Waals surface area contributed by atoms with E-state index in [0.29, 0.717) is 22.7 Å². The highest BCUT2D eigenvalue weighted by molar-refractivity contribution is 9.10. The number of aromatic nitrogens is 3. The van der Waals surface area contributed by atoms with Gasteiger partial charge in [-0.3, -0.25) is 4.57 Å². The largest absolute Gasteiger partial charge is 0.494 e. The van der Waals surface area contributed by atoms with Crippen molar-refractivity contribution in [2.45, 2.75) is 5.88 Å². The van der Waals surface area contributed by atoms with Gasteiger partial charge in [-0.25, -0.2) is 14.4 Å². The molecule has 0 unspecified atom stereocenters. The van der Waals surface area contributed by atoms with Gasteiger partial charge in [-0.15, -0.1) is 11.6 Å². The lowest BCUT2D eigenvalue weighted by molar-refractivity contribution is 0.386. The van der Waals surface area contributed by atoms with E-state index in [1.165, 1.54) is 13.2 Å². The molecular weight excluding hydrogens is 361 g/mol. The average Bonchev–Trinajstić information content (AvgIpc) is 2.85. The highest BCUT2D eigenvalue weighted by Gasteiger charge is 2.15. The van der Waals surface area contributed by atoms with Gasteiger partial charge in [0.2, 0.25) is 0 Å². The molecule has 0 saturated heterocycles. The van der Waals surface area contributed by atoms with Crippen LogP contribution in [0.4, 0.5) is 4.39 Å². The third-order valence-corrected chi connectivity index (χ3v) is 3.72. The number of halogens is 3. The van der Waals surface area contributed by atoms with Crippen LogP contribution < -0.4 is 4.74 Å². The first kappa shape index (κ1) is 14.3. The molecule has 0 aliphatic heterocycles. The Kier molecular flexibility index (Phi) is 3.82. The second kappa shape index (κ2) is 5.61. The van der Waals surface area contributed by atoms with Crippen molar-refractivity contribution in [3.63, 3.8) is 0 Å². The van der Waals surface area contributed by atoms with Gasteiger partial charge >= 0.3 is 0 Å². The summed E-state index contributed by atoms with van der Waals surface area (Å²) in [6.07, 6.45) is 1.68. The van der Waals surface area contributed by atoms with E-state index >= 15 is 0 Å². The summed E-state index contributed by atoms with van der Waals surface area (Å²) in [4.78, 5) is 8.81. The predicted octanol–water partition coefficient (Wildman–Crippen LogP) is 4.07. The first-order valence-electron chi connectivity index (χ1n) is 6.07. The lowest BCUT2D eigenvalue weighted by atomic mass is 10.2. The fourth-order valence-electron chi connectivity index (χ4n) is 2.14. The number of hydrogen-bond acceptors (Lipinski definition) is 3. The standard InChI is InChI=1S/C14H10BrClFN3O/c1-21-12-5-9(2-3-10(12)17)20-13(6-16)19-11-4-8(15)7-18-14(11)20/h2-5,7H,6H2,1H3. The highest BCUT2D eigenvalue weighted by Crippen LogP contribution is 2.27. The van der Waals surface area contributed by atoms with Crippen molar-refractivity contribution in [2.24, 2.45) is 0 Å². The van der Waals surface area contributed by atoms with Crippen molar-refractivity contribution in [2.75, 3.05) is 7.11 Å². The van der Waals surface area contributed by atoms with Crippen LogP contribution in [0.2, 0.25) is 0 Å². The first-order valence-corrected chi connectivity index (χ1v) is 7.39. The molecule has 3 aromatic rings. The summed E-state index contributed by atoms with van der Waals surface area (Å²) in [6.45, 7) is 0. The van der Waals surface area contributed by atoms with Crippen molar-refractivity contribution in [1.29, 1.82) is 0 Å². The van der Waals surface area contributed by atoms with E-state index in [1.54, 1.807) is 22.9 Å². The summed E-state index contributed by atoms with van der Waals surface area (Å²) in [5.74, 6) is 0.583. The predicted molar refractivity (Wildman–Crippen MR) is 82.6 cm³/mol. The molecule has 4 nitrogen and oxygen atoms in total. The molecule has 0 spiro atoms. The molecule has 21 heavy (non-hydrogen) atoms. The smallest absolute Gasteiger partial charge is 0.165 e. The minimum absolute atomic E-state index is 0.159. The maximum Gasteiger partial charge on any atom is 0.165 e. The molecule has 0 saturated carbocycles. The fourth-order valence-corrected chi connectivity index (χ4v) is 2.63. The molecule has 0 amide bonds. The minimum Gasteiger partial charge on any atom is -0.494 e. The van der Waals surface area contributed by atoms with Crippen LogP contribution in [0.15, 0.2) is 34.9 Å². The van der Waals surface area contributed by atoms with Gasteiger partial charge in [0.25, 0.3) is 0 Å². The average molecular weight is 371 g/mol. The number of methoxy groups -OCH3 is 1. The van der Waals surface area contributed by atoms with Gasteiger partial charge in [-0.1, -0.05) is 0 Å². The molecule has 3 rings (SSSR count). The minimum atomic E-state index is -0.422. The van der Waals surface area contributed by atoms with E-state index in [9.17, 15) is 4.39 Å². The lowest BCUT2D eigenvalue weighted by Gasteiger charge is -2.09. The lowest BCUT2D eigenvalue weighted by Crippen LogP contribution is -2.01. The molecule has 0 radical (unpaired) electrons. The molecule has 1 aromatic carbocycles. The summed E-state index contributed by atoms with van der Waals surface area (Å²) >= 11 is 9.33. The Bertz CT molecular complexity index is 821. The number of rotatable bonds is 3. The van der Waals surface area contributed by atoms with Gasteiger partial charge < -0.3 is 4.74 Å². The third kappa shape index (κ3) is 2.49. The summed E-state index contributed by atoms with van der Waals surface area (Å²) < 4.78 is 21.2. The molecule has 0 aliphatic carbocycles. The van der Waals surface area contributed by atoms with Crippen molar-refractivity contribution < 1.29 is 9.13 Å². The molecule has 0 fully saturated rings. The second-order valence-corrected chi connectivity index (χ2v) is 5.50. The zero-order chi connectivity index (χ0) is 15.0. The van der Waals surface area contributed by atoms with Gasteiger partial charge in [0.1, 0.15) is 11.3 Å². The number of pyridine rings is 1. The maximum absolute atomic E-state index is 13.6. The normalized spacial score (nSPS) is 11.0. The van der Waals surface area contributed by atoms with Gasteiger partial charge in [-0.05, 0) is 34.1 Å². The summed E-state index contributed by atoms with van der Waals surface area (Å²) in [7, 11) is 1.42. The van der Waals surface area contributed by atoms with Crippen molar-refractivity contribution in [3.8, 4) is 11.4 Å². The Hall–Kier alpha value is -1.66. The van der Waals surface area contributed by atoms with Crippen LogP contribution in [0.3, 0.4) is 0 Å². The zero-order valence-electron chi connectivity index (χ0n) is 11.0. The van der Waals surface area contributed by atoms with E-state index in [2.05, 4.69) is 25.9 Å². The zero-order valence-corrected chi connectivity index (χ0v) is 13.3.